The fourth-order valence-electron chi connectivity index (χ4n) is 4.23. The number of nitrogens with one attached hydrogen (secondary N) is 1. The van der Waals surface area contributed by atoms with Crippen LogP contribution in [-0.4, -0.2) is 29.8 Å². The number of hydrogen-bond acceptors (Lipinski definition) is 5. The molecule has 6 heteroatoms. The summed E-state index contributed by atoms with van der Waals surface area (Å²) in [4.78, 5) is 28.9. The summed E-state index contributed by atoms with van der Waals surface area (Å²) >= 11 is 0. The van der Waals surface area contributed by atoms with Crippen molar-refractivity contribution in [3.8, 4) is 17.0 Å². The summed E-state index contributed by atoms with van der Waals surface area (Å²) in [5.41, 5.74) is 3.21. The highest BCUT2D eigenvalue weighted by molar-refractivity contribution is 6.20. The van der Waals surface area contributed by atoms with Crippen LogP contribution in [0.2, 0.25) is 0 Å². The van der Waals surface area contributed by atoms with Crippen LogP contribution in [0, 0.1) is 0 Å². The molecule has 6 nitrogen and oxygen atoms in total. The number of benzene rings is 2. The Hall–Kier alpha value is -3.54. The highest BCUT2D eigenvalue weighted by atomic mass is 16.7. The molecule has 152 valence electrons. The molecule has 1 spiro atoms. The maximum atomic E-state index is 12.8. The lowest BCUT2D eigenvalue weighted by molar-refractivity contribution is -0.232. The molecule has 2 aliphatic rings. The van der Waals surface area contributed by atoms with Crippen LogP contribution in [-0.2, 0) is 19.1 Å². The molecule has 5 rings (SSSR count). The van der Waals surface area contributed by atoms with Crippen molar-refractivity contribution in [3.05, 3.63) is 59.7 Å². The van der Waals surface area contributed by atoms with E-state index in [0.717, 1.165) is 35.0 Å². The van der Waals surface area contributed by atoms with Gasteiger partial charge in [0.25, 0.3) is 5.79 Å². The predicted molar refractivity (Wildman–Crippen MR) is 112 cm³/mol. The first-order chi connectivity index (χ1) is 14.6. The molecule has 1 aliphatic heterocycles. The Bertz CT molecular complexity index is 1150. The lowest BCUT2D eigenvalue weighted by Crippen LogP contribution is -2.44. The van der Waals surface area contributed by atoms with Gasteiger partial charge in [0.15, 0.2) is 0 Å². The summed E-state index contributed by atoms with van der Waals surface area (Å²) in [6, 6.07) is 15.4. The van der Waals surface area contributed by atoms with Gasteiger partial charge in [0.05, 0.1) is 12.8 Å². The second-order valence-corrected chi connectivity index (χ2v) is 7.65. The van der Waals surface area contributed by atoms with E-state index >= 15 is 0 Å². The van der Waals surface area contributed by atoms with Crippen LogP contribution in [0.1, 0.15) is 31.2 Å². The van der Waals surface area contributed by atoms with Crippen LogP contribution in [0.3, 0.4) is 0 Å². The molecule has 1 N–H and O–H groups in total. The molecule has 0 radical (unpaired) electrons. The first-order valence-corrected chi connectivity index (χ1v) is 10.0. The smallest absolute Gasteiger partial charge is 0.348 e. The van der Waals surface area contributed by atoms with Gasteiger partial charge in [-0.25, -0.2) is 9.59 Å². The summed E-state index contributed by atoms with van der Waals surface area (Å²) < 4.78 is 16.5. The summed E-state index contributed by atoms with van der Waals surface area (Å²) in [6.07, 6.45) is 4.42. The zero-order valence-corrected chi connectivity index (χ0v) is 16.6. The predicted octanol–water partition coefficient (Wildman–Crippen LogP) is 4.60. The molecule has 1 saturated heterocycles. The molecule has 1 aromatic heterocycles. The van der Waals surface area contributed by atoms with Crippen LogP contribution in [0.15, 0.2) is 54.1 Å². The minimum atomic E-state index is -1.09. The molecule has 3 aromatic rings. The van der Waals surface area contributed by atoms with E-state index < -0.39 is 17.7 Å². The normalized spacial score (nSPS) is 17.8. The molecular formula is C24H21NO5. The SMILES string of the molecule is COc1ccc2[nH]c(-c3ccccc3)c(C=C3C(=O)OC4(CCCC4)OC3=O)c2c1. The van der Waals surface area contributed by atoms with Gasteiger partial charge in [-0.2, -0.15) is 0 Å². The lowest BCUT2D eigenvalue weighted by atomic mass is 10.0. The fraction of sp³-hybridized carbons (Fsp3) is 0.250. The summed E-state index contributed by atoms with van der Waals surface area (Å²) in [5.74, 6) is -1.68. The van der Waals surface area contributed by atoms with Crippen molar-refractivity contribution in [2.75, 3.05) is 7.11 Å². The minimum absolute atomic E-state index is 0.103. The molecule has 0 amide bonds. The Balaban J connectivity index is 1.65. The Morgan fingerprint density at radius 3 is 2.37 bits per heavy atom. The number of carbonyl (C=O) groups is 2. The van der Waals surface area contributed by atoms with Gasteiger partial charge in [0, 0.05) is 29.3 Å². The number of fused-ring (bicyclic) bond motifs is 1. The molecular weight excluding hydrogens is 382 g/mol. The van der Waals surface area contributed by atoms with Gasteiger partial charge < -0.3 is 19.2 Å². The number of rotatable bonds is 3. The first kappa shape index (κ1) is 18.5. The second-order valence-electron chi connectivity index (χ2n) is 7.65. The highest BCUT2D eigenvalue weighted by Crippen LogP contribution is 2.40. The molecule has 2 heterocycles. The van der Waals surface area contributed by atoms with E-state index in [0.29, 0.717) is 24.2 Å². The van der Waals surface area contributed by atoms with Crippen LogP contribution >= 0.6 is 0 Å². The number of H-pyrrole nitrogens is 1. The molecule has 1 aliphatic carbocycles. The molecule has 2 aromatic carbocycles. The summed E-state index contributed by atoms with van der Waals surface area (Å²) in [5, 5.41) is 0.836. The summed E-state index contributed by atoms with van der Waals surface area (Å²) in [6.45, 7) is 0. The van der Waals surface area contributed by atoms with Crippen molar-refractivity contribution in [2.45, 2.75) is 31.5 Å². The van der Waals surface area contributed by atoms with E-state index in [1.54, 1.807) is 13.2 Å². The van der Waals surface area contributed by atoms with Gasteiger partial charge in [0.1, 0.15) is 11.3 Å². The van der Waals surface area contributed by atoms with Crippen molar-refractivity contribution < 1.29 is 23.8 Å². The maximum absolute atomic E-state index is 12.8. The number of methoxy groups -OCH3 is 1. The topological polar surface area (TPSA) is 77.6 Å². The minimum Gasteiger partial charge on any atom is -0.497 e. The summed E-state index contributed by atoms with van der Waals surface area (Å²) in [7, 11) is 1.60. The molecule has 0 atom stereocenters. The van der Waals surface area contributed by atoms with E-state index in [-0.39, 0.29) is 5.57 Å². The number of aromatic amines is 1. The highest BCUT2D eigenvalue weighted by Gasteiger charge is 2.48. The Kier molecular flexibility index (Phi) is 4.35. The fourth-order valence-corrected chi connectivity index (χ4v) is 4.23. The van der Waals surface area contributed by atoms with Gasteiger partial charge in [-0.15, -0.1) is 0 Å². The van der Waals surface area contributed by atoms with E-state index in [9.17, 15) is 9.59 Å². The van der Waals surface area contributed by atoms with Gasteiger partial charge in [-0.3, -0.25) is 0 Å². The molecule has 1 saturated carbocycles. The largest absolute Gasteiger partial charge is 0.497 e. The zero-order valence-electron chi connectivity index (χ0n) is 16.6. The van der Waals surface area contributed by atoms with Crippen LogP contribution in [0.4, 0.5) is 0 Å². The average Bonchev–Trinajstić information content (AvgIpc) is 3.35. The van der Waals surface area contributed by atoms with E-state index in [2.05, 4.69) is 4.98 Å². The zero-order chi connectivity index (χ0) is 20.7. The van der Waals surface area contributed by atoms with Gasteiger partial charge >= 0.3 is 11.9 Å². The number of hydrogen-bond donors (Lipinski definition) is 1. The van der Waals surface area contributed by atoms with E-state index in [1.807, 2.05) is 48.5 Å². The quantitative estimate of drug-likeness (QED) is 0.393. The van der Waals surface area contributed by atoms with E-state index in [4.69, 9.17) is 14.2 Å². The third kappa shape index (κ3) is 3.05. The third-order valence-electron chi connectivity index (χ3n) is 5.76. The van der Waals surface area contributed by atoms with Crippen molar-refractivity contribution in [1.82, 2.24) is 4.98 Å². The average molecular weight is 403 g/mol. The van der Waals surface area contributed by atoms with Crippen LogP contribution in [0.5, 0.6) is 5.75 Å². The Morgan fingerprint density at radius 2 is 1.70 bits per heavy atom. The standard InChI is InChI=1S/C24H21NO5/c1-28-16-9-10-20-17(13-16)18(21(25-20)15-7-3-2-4-8-15)14-19-22(26)29-24(30-23(19)27)11-5-6-12-24/h2-4,7-10,13-14,25H,5-6,11-12H2,1H3. The van der Waals surface area contributed by atoms with E-state index in [1.165, 1.54) is 0 Å². The van der Waals surface area contributed by atoms with Crippen molar-refractivity contribution >= 4 is 28.9 Å². The van der Waals surface area contributed by atoms with Crippen molar-refractivity contribution in [1.29, 1.82) is 0 Å². The monoisotopic (exact) mass is 403 g/mol. The van der Waals surface area contributed by atoms with Gasteiger partial charge in [-0.1, -0.05) is 30.3 Å². The number of ether oxygens (including phenoxy) is 3. The Labute approximate surface area is 173 Å². The van der Waals surface area contributed by atoms with Crippen molar-refractivity contribution in [3.63, 3.8) is 0 Å². The molecule has 30 heavy (non-hydrogen) atoms. The molecule has 0 bridgehead atoms. The second kappa shape index (κ2) is 7.06. The number of carbonyl (C=O) groups excluding carboxylic acids is 2. The van der Waals surface area contributed by atoms with Crippen molar-refractivity contribution in [2.24, 2.45) is 0 Å². The third-order valence-corrected chi connectivity index (χ3v) is 5.76. The van der Waals surface area contributed by atoms with Crippen LogP contribution < -0.4 is 4.74 Å². The number of aromatic nitrogens is 1. The molecule has 2 fully saturated rings. The van der Waals surface area contributed by atoms with Gasteiger partial charge in [-0.05, 0) is 42.7 Å². The van der Waals surface area contributed by atoms with Crippen LogP contribution in [0.25, 0.3) is 28.2 Å². The van der Waals surface area contributed by atoms with Gasteiger partial charge in [0.2, 0.25) is 0 Å². The maximum Gasteiger partial charge on any atom is 0.348 e. The number of esters is 2. The lowest BCUT2D eigenvalue weighted by Gasteiger charge is -2.32. The Morgan fingerprint density at radius 1 is 1.00 bits per heavy atom. The first-order valence-electron chi connectivity index (χ1n) is 10.0. The molecule has 0 unspecified atom stereocenters.